The van der Waals surface area contributed by atoms with Crippen molar-refractivity contribution in [3.8, 4) is 0 Å². The molecule has 0 aliphatic carbocycles. The van der Waals surface area contributed by atoms with E-state index in [1.54, 1.807) is 0 Å². The molecule has 0 N–H and O–H groups in total. The summed E-state index contributed by atoms with van der Waals surface area (Å²) in [4.78, 5) is 0. The van der Waals surface area contributed by atoms with Crippen molar-refractivity contribution in [1.29, 1.82) is 0 Å². The zero-order valence-electron chi connectivity index (χ0n) is 11.8. The lowest BCUT2D eigenvalue weighted by atomic mass is 10.1. The van der Waals surface area contributed by atoms with Crippen LogP contribution in [0, 0.1) is 6.92 Å². The molecule has 0 nitrogen and oxygen atoms in total. The van der Waals surface area contributed by atoms with Crippen molar-refractivity contribution < 1.29 is 0 Å². The number of hydrogen-bond acceptors (Lipinski definition) is 0. The smallest absolute Gasteiger partial charge is 0.0169 e. The molecule has 0 fully saturated rings. The first kappa shape index (κ1) is 16.5. The maximum Gasteiger partial charge on any atom is -0.0169 e. The molecule has 0 amide bonds. The average Bonchev–Trinajstić information content (AvgIpc) is 2.35. The van der Waals surface area contributed by atoms with E-state index in [0.29, 0.717) is 0 Å². The highest BCUT2D eigenvalue weighted by atomic mass is 13.9. The summed E-state index contributed by atoms with van der Waals surface area (Å²) in [6.45, 7) is 6.08. The Hall–Kier alpha value is -0.520. The summed E-state index contributed by atoms with van der Waals surface area (Å²) in [5, 5.41) is 0. The predicted molar refractivity (Wildman–Crippen MR) is 80.1 cm³/mol. The van der Waals surface area contributed by atoms with E-state index < -0.39 is 0 Å². The van der Waals surface area contributed by atoms with Crippen LogP contribution in [-0.4, -0.2) is 0 Å². The van der Waals surface area contributed by atoms with E-state index in [1.807, 2.05) is 0 Å². The van der Waals surface area contributed by atoms with Crippen LogP contribution in [-0.2, 0) is 0 Å². The van der Waals surface area contributed by atoms with Crippen LogP contribution in [0.4, 0.5) is 0 Å². The molecular formula is C17H31. The number of hydrogen-bond donors (Lipinski definition) is 0. The fraction of sp³-hybridized carbons (Fsp3) is 0.706. The molecule has 0 aromatic carbocycles. The van der Waals surface area contributed by atoms with Crippen molar-refractivity contribution in [1.82, 2.24) is 0 Å². The summed E-state index contributed by atoms with van der Waals surface area (Å²) in [5.74, 6) is 0. The molecular weight excluding hydrogens is 204 g/mol. The maximum absolute atomic E-state index is 3.87. The monoisotopic (exact) mass is 235 g/mol. The van der Waals surface area contributed by atoms with Gasteiger partial charge in [0, 0.05) is 0 Å². The van der Waals surface area contributed by atoms with E-state index in [4.69, 9.17) is 0 Å². The quantitative estimate of drug-likeness (QED) is 0.277. The van der Waals surface area contributed by atoms with Gasteiger partial charge >= 0.3 is 0 Å². The number of allylic oxidation sites excluding steroid dienone is 4. The second kappa shape index (κ2) is 15.5. The van der Waals surface area contributed by atoms with Gasteiger partial charge in [-0.3, -0.25) is 0 Å². The first-order chi connectivity index (χ1) is 8.41. The Labute approximate surface area is 109 Å². The number of unbranched alkanes of at least 4 members (excludes halogenated alkanes) is 8. The van der Waals surface area contributed by atoms with Crippen molar-refractivity contribution in [2.24, 2.45) is 0 Å². The fourth-order valence-electron chi connectivity index (χ4n) is 1.82. The molecule has 17 heavy (non-hydrogen) atoms. The van der Waals surface area contributed by atoms with Gasteiger partial charge < -0.3 is 0 Å². The fourth-order valence-corrected chi connectivity index (χ4v) is 1.82. The lowest BCUT2D eigenvalue weighted by Gasteiger charge is -1.98. The zero-order chi connectivity index (χ0) is 12.6. The zero-order valence-corrected chi connectivity index (χ0v) is 11.8. The minimum Gasteiger partial charge on any atom is -0.0882 e. The summed E-state index contributed by atoms with van der Waals surface area (Å²) < 4.78 is 0. The van der Waals surface area contributed by atoms with Crippen molar-refractivity contribution in [3.05, 3.63) is 31.2 Å². The molecule has 0 bridgehead atoms. The lowest BCUT2D eigenvalue weighted by molar-refractivity contribution is 0.599. The van der Waals surface area contributed by atoms with Crippen LogP contribution in [0.3, 0.4) is 0 Å². The molecule has 0 saturated heterocycles. The molecule has 0 aliphatic rings. The third kappa shape index (κ3) is 15.5. The van der Waals surface area contributed by atoms with Gasteiger partial charge in [0.1, 0.15) is 0 Å². The standard InChI is InChI=1S/C17H31/c1-3-5-7-9-11-13-15-17-16-14-12-10-8-6-4-2/h8,10,14,16H,1,3-7,9,11-13,15,17H2,2H3. The Morgan fingerprint density at radius 2 is 1.29 bits per heavy atom. The summed E-state index contributed by atoms with van der Waals surface area (Å²) in [5.41, 5.74) is 0. The van der Waals surface area contributed by atoms with Gasteiger partial charge in [0.2, 0.25) is 0 Å². The minimum atomic E-state index is 1.11. The molecule has 0 heterocycles. The van der Waals surface area contributed by atoms with Crippen molar-refractivity contribution in [2.45, 2.75) is 77.6 Å². The van der Waals surface area contributed by atoms with Crippen LogP contribution in [0.2, 0.25) is 0 Å². The normalized spacial score (nSPS) is 11.9. The van der Waals surface area contributed by atoms with E-state index >= 15 is 0 Å². The predicted octanol–water partition coefficient (Wildman–Crippen LogP) is 6.24. The molecule has 0 unspecified atom stereocenters. The van der Waals surface area contributed by atoms with Gasteiger partial charge in [-0.25, -0.2) is 0 Å². The van der Waals surface area contributed by atoms with Gasteiger partial charge in [0.15, 0.2) is 0 Å². The average molecular weight is 235 g/mol. The Bertz CT molecular complexity index is 176. The van der Waals surface area contributed by atoms with Gasteiger partial charge in [-0.15, -0.1) is 0 Å². The molecule has 0 rings (SSSR count). The molecule has 0 spiro atoms. The summed E-state index contributed by atoms with van der Waals surface area (Å²) in [6, 6.07) is 0. The Morgan fingerprint density at radius 1 is 0.706 bits per heavy atom. The second-order valence-corrected chi connectivity index (χ2v) is 4.73. The SMILES string of the molecule is [CH2]CCCCCCCCC=CCC=CCCC. The van der Waals surface area contributed by atoms with Crippen LogP contribution in [0.1, 0.15) is 77.6 Å². The highest BCUT2D eigenvalue weighted by molar-refractivity contribution is 4.92. The van der Waals surface area contributed by atoms with Crippen LogP contribution in [0.25, 0.3) is 0 Å². The molecule has 1 radical (unpaired) electrons. The first-order valence-corrected chi connectivity index (χ1v) is 7.51. The highest BCUT2D eigenvalue weighted by Crippen LogP contribution is 2.08. The van der Waals surface area contributed by atoms with Crippen LogP contribution < -0.4 is 0 Å². The molecule has 0 aliphatic heterocycles. The van der Waals surface area contributed by atoms with Crippen LogP contribution in [0.5, 0.6) is 0 Å². The third-order valence-corrected chi connectivity index (χ3v) is 2.93. The Balaban J connectivity index is 3.08. The van der Waals surface area contributed by atoms with Crippen LogP contribution in [0.15, 0.2) is 24.3 Å². The van der Waals surface area contributed by atoms with Gasteiger partial charge in [0.05, 0.1) is 0 Å². The van der Waals surface area contributed by atoms with Gasteiger partial charge in [-0.1, -0.05) is 83.1 Å². The van der Waals surface area contributed by atoms with E-state index in [9.17, 15) is 0 Å². The minimum absolute atomic E-state index is 1.11. The summed E-state index contributed by atoms with van der Waals surface area (Å²) in [6.07, 6.45) is 23.4. The van der Waals surface area contributed by atoms with E-state index in [1.165, 1.54) is 57.8 Å². The van der Waals surface area contributed by atoms with Gasteiger partial charge in [-0.2, -0.15) is 0 Å². The van der Waals surface area contributed by atoms with Crippen molar-refractivity contribution in [2.75, 3.05) is 0 Å². The van der Waals surface area contributed by atoms with E-state index in [2.05, 4.69) is 38.2 Å². The molecule has 0 aromatic heterocycles. The maximum atomic E-state index is 3.87. The molecule has 0 aromatic rings. The Morgan fingerprint density at radius 3 is 1.94 bits per heavy atom. The van der Waals surface area contributed by atoms with E-state index in [0.717, 1.165) is 12.8 Å². The van der Waals surface area contributed by atoms with Gasteiger partial charge in [-0.05, 0) is 25.7 Å². The summed E-state index contributed by atoms with van der Waals surface area (Å²) in [7, 11) is 0. The van der Waals surface area contributed by atoms with Crippen molar-refractivity contribution in [3.63, 3.8) is 0 Å². The number of rotatable bonds is 12. The third-order valence-electron chi connectivity index (χ3n) is 2.93. The van der Waals surface area contributed by atoms with Crippen LogP contribution >= 0.6 is 0 Å². The highest BCUT2D eigenvalue weighted by Gasteiger charge is 1.88. The lowest BCUT2D eigenvalue weighted by Crippen LogP contribution is -1.78. The van der Waals surface area contributed by atoms with Crippen molar-refractivity contribution >= 4 is 0 Å². The summed E-state index contributed by atoms with van der Waals surface area (Å²) >= 11 is 0. The largest absolute Gasteiger partial charge is 0.0882 e. The topological polar surface area (TPSA) is 0 Å². The Kier molecular flexibility index (Phi) is 15.0. The molecule has 0 atom stereocenters. The van der Waals surface area contributed by atoms with E-state index in [-0.39, 0.29) is 0 Å². The molecule has 0 heteroatoms. The first-order valence-electron chi connectivity index (χ1n) is 7.51. The molecule has 0 saturated carbocycles. The van der Waals surface area contributed by atoms with Gasteiger partial charge in [0.25, 0.3) is 0 Å². The molecule has 99 valence electrons. The second-order valence-electron chi connectivity index (χ2n) is 4.73.